The van der Waals surface area contributed by atoms with Crippen molar-refractivity contribution in [3.8, 4) is 0 Å². The third-order valence-corrected chi connectivity index (χ3v) is 0.349. The molecule has 0 atom stereocenters. The van der Waals surface area contributed by atoms with Gasteiger partial charge in [-0.15, -0.1) is 0 Å². The quantitative estimate of drug-likeness (QED) is 0.266. The van der Waals surface area contributed by atoms with Gasteiger partial charge in [0.25, 0.3) is 0 Å². The summed E-state index contributed by atoms with van der Waals surface area (Å²) in [7, 11) is 0. The molecule has 0 saturated carbocycles. The van der Waals surface area contributed by atoms with Crippen LogP contribution in [-0.2, 0) is 9.59 Å². The number of rotatable bonds is 2. The van der Waals surface area contributed by atoms with Crippen LogP contribution in [0, 0.1) is 0 Å². The fraction of sp³-hybridized carbons (Fsp3) is 0.333. The van der Waals surface area contributed by atoms with Crippen LogP contribution >= 0.6 is 0 Å². The minimum Gasteiger partial charge on any atom is -0.542 e. The summed E-state index contributed by atoms with van der Waals surface area (Å²) in [5.74, 6) is -3.48. The second-order valence-corrected chi connectivity index (χ2v) is 0.844. The molecular weight excluding hydrogens is 110 g/mol. The number of hydrogen-bond donors (Lipinski definition) is 0. The first-order chi connectivity index (χ1) is 3.18. The predicted molar refractivity (Wildman–Crippen MR) is 16.0 cm³/mol. The Kier molecular flexibility index (Phi) is 6.39. The van der Waals surface area contributed by atoms with Gasteiger partial charge in [0.1, 0.15) is 5.97 Å². The van der Waals surface area contributed by atoms with E-state index in [9.17, 15) is 19.1 Å². The zero-order chi connectivity index (χ0) is 5.86. The van der Waals surface area contributed by atoms with Gasteiger partial charge in [-0.25, -0.2) is 4.39 Å². The van der Waals surface area contributed by atoms with Gasteiger partial charge in [0.05, 0.1) is 0 Å². The van der Waals surface area contributed by atoms with E-state index in [0.29, 0.717) is 0 Å². The number of hydrogen-bond acceptors (Lipinski definition) is 3. The molecule has 0 N–H and O–H groups in total. The molecule has 0 aromatic rings. The van der Waals surface area contributed by atoms with Crippen LogP contribution in [0.15, 0.2) is 0 Å². The summed E-state index contributed by atoms with van der Waals surface area (Å²) < 4.78 is 10.9. The zero-order valence-electron chi connectivity index (χ0n) is 4.31. The topological polar surface area (TPSA) is 57.2 Å². The van der Waals surface area contributed by atoms with Gasteiger partial charge in [0, 0.05) is 0 Å². The molecule has 8 heavy (non-hydrogen) atoms. The van der Waals surface area contributed by atoms with Crippen LogP contribution in [0.4, 0.5) is 4.39 Å². The maximum atomic E-state index is 10.9. The van der Waals surface area contributed by atoms with Crippen LogP contribution in [0.25, 0.3) is 0 Å². The number of aliphatic carboxylic acids is 1. The van der Waals surface area contributed by atoms with Gasteiger partial charge in [-0.3, -0.25) is 4.79 Å². The van der Waals surface area contributed by atoms with E-state index in [1.54, 1.807) is 0 Å². The average Bonchev–Trinajstić information content (AvgIpc) is 1.65. The maximum absolute atomic E-state index is 10.9. The van der Waals surface area contributed by atoms with Crippen molar-refractivity contribution < 1.29 is 37.9 Å². The van der Waals surface area contributed by atoms with Gasteiger partial charge in [0.15, 0.2) is 6.67 Å². The van der Waals surface area contributed by atoms with Crippen molar-refractivity contribution in [2.24, 2.45) is 0 Å². The van der Waals surface area contributed by atoms with Crippen molar-refractivity contribution in [1.82, 2.24) is 0 Å². The molecule has 5 heteroatoms. The van der Waals surface area contributed by atoms with Crippen LogP contribution in [-0.4, -0.2) is 18.4 Å². The Morgan fingerprint density at radius 1 is 1.50 bits per heavy atom. The van der Waals surface area contributed by atoms with Crippen molar-refractivity contribution in [2.75, 3.05) is 6.67 Å². The molecule has 0 radical (unpaired) electrons. The molecule has 0 aliphatic heterocycles. The molecule has 0 aromatic carbocycles. The summed E-state index contributed by atoms with van der Waals surface area (Å²) >= 11 is 0. The van der Waals surface area contributed by atoms with E-state index in [1.807, 2.05) is 0 Å². The Morgan fingerprint density at radius 2 is 1.88 bits per heavy atom. The summed E-state index contributed by atoms with van der Waals surface area (Å²) in [6.45, 7) is -1.48. The number of alkyl halides is 1. The third-order valence-electron chi connectivity index (χ3n) is 0.349. The fourth-order valence-corrected chi connectivity index (χ4v) is 0.0546. The van der Waals surface area contributed by atoms with Crippen LogP contribution in [0.1, 0.15) is 0 Å². The molecule has 0 spiro atoms. The number of Topliss-reactive ketones (excluding diaryl/α,β-unsaturated/α-hetero) is 1. The largest absolute Gasteiger partial charge is 1.00 e. The van der Waals surface area contributed by atoms with Gasteiger partial charge < -0.3 is 9.90 Å². The molecule has 0 aromatic heterocycles. The summed E-state index contributed by atoms with van der Waals surface area (Å²) in [6.07, 6.45) is 0. The number of ketones is 1. The van der Waals surface area contributed by atoms with Crippen molar-refractivity contribution in [2.45, 2.75) is 0 Å². The Labute approximate surface area is 57.0 Å². The monoisotopic (exact) mass is 112 g/mol. The normalized spacial score (nSPS) is 7.12. The summed E-state index contributed by atoms with van der Waals surface area (Å²) in [6, 6.07) is 0. The second-order valence-electron chi connectivity index (χ2n) is 0.844. The standard InChI is InChI=1S/C3H3FO3.Li/c4-1-2(5)3(6)7;/h1H2,(H,6,7);/q;+1/p-1. The van der Waals surface area contributed by atoms with Crippen LogP contribution in [0.5, 0.6) is 0 Å². The Bertz CT molecular complexity index is 103. The maximum Gasteiger partial charge on any atom is 1.00 e. The van der Waals surface area contributed by atoms with Crippen molar-refractivity contribution in [3.05, 3.63) is 0 Å². The molecule has 0 bridgehead atoms. The van der Waals surface area contributed by atoms with Crippen LogP contribution in [0.3, 0.4) is 0 Å². The van der Waals surface area contributed by atoms with E-state index in [0.717, 1.165) is 0 Å². The molecule has 0 heterocycles. The first-order valence-corrected chi connectivity index (χ1v) is 1.48. The number of halogens is 1. The molecule has 0 amide bonds. The van der Waals surface area contributed by atoms with Gasteiger partial charge in [-0.1, -0.05) is 0 Å². The Morgan fingerprint density at radius 3 is 1.88 bits per heavy atom. The van der Waals surface area contributed by atoms with Crippen molar-refractivity contribution in [1.29, 1.82) is 0 Å². The predicted octanol–water partition coefficient (Wildman–Crippen LogP) is -4.72. The Balaban J connectivity index is 0. The molecule has 0 aliphatic rings. The number of carbonyl (C=O) groups is 2. The SMILES string of the molecule is O=C([O-])C(=O)CF.[Li+]. The molecular formula is C3H2FLiO3. The second kappa shape index (κ2) is 4.82. The average molecular weight is 112 g/mol. The first-order valence-electron chi connectivity index (χ1n) is 1.48. The van der Waals surface area contributed by atoms with Crippen molar-refractivity contribution in [3.63, 3.8) is 0 Å². The van der Waals surface area contributed by atoms with Gasteiger partial charge >= 0.3 is 18.9 Å². The molecule has 0 aliphatic carbocycles. The first kappa shape index (κ1) is 10.6. The van der Waals surface area contributed by atoms with Gasteiger partial charge in [-0.2, -0.15) is 0 Å². The summed E-state index contributed by atoms with van der Waals surface area (Å²) in [4.78, 5) is 18.7. The van der Waals surface area contributed by atoms with Crippen LogP contribution < -0.4 is 24.0 Å². The molecule has 0 saturated heterocycles. The number of carbonyl (C=O) groups excluding carboxylic acids is 2. The minimum absolute atomic E-state index is 0. The fourth-order valence-electron chi connectivity index (χ4n) is 0.0546. The molecule has 0 fully saturated rings. The van der Waals surface area contributed by atoms with Gasteiger partial charge in [-0.05, 0) is 0 Å². The molecule has 0 unspecified atom stereocenters. The van der Waals surface area contributed by atoms with E-state index < -0.39 is 18.4 Å². The third kappa shape index (κ3) is 3.84. The van der Waals surface area contributed by atoms with E-state index in [-0.39, 0.29) is 18.9 Å². The van der Waals surface area contributed by atoms with Crippen molar-refractivity contribution >= 4 is 11.8 Å². The van der Waals surface area contributed by atoms with E-state index >= 15 is 0 Å². The number of carboxylic acid groups (broad SMARTS) is 1. The van der Waals surface area contributed by atoms with E-state index in [4.69, 9.17) is 0 Å². The smallest absolute Gasteiger partial charge is 0.542 e. The minimum atomic E-state index is -1.97. The zero-order valence-corrected chi connectivity index (χ0v) is 4.31. The molecule has 0 rings (SSSR count). The number of carboxylic acids is 1. The molecule has 3 nitrogen and oxygen atoms in total. The van der Waals surface area contributed by atoms with Crippen LogP contribution in [0.2, 0.25) is 0 Å². The summed E-state index contributed by atoms with van der Waals surface area (Å²) in [5, 5.41) is 9.23. The Hall–Kier alpha value is -0.333. The van der Waals surface area contributed by atoms with E-state index in [1.165, 1.54) is 0 Å². The summed E-state index contributed by atoms with van der Waals surface area (Å²) in [5.41, 5.74) is 0. The van der Waals surface area contributed by atoms with E-state index in [2.05, 4.69) is 0 Å². The van der Waals surface area contributed by atoms with Gasteiger partial charge in [0.2, 0.25) is 5.78 Å². The molecule has 40 valence electrons.